The van der Waals surface area contributed by atoms with Crippen molar-refractivity contribution in [2.45, 2.75) is 46.3 Å². The van der Waals surface area contributed by atoms with Gasteiger partial charge in [-0.3, -0.25) is 14.7 Å². The van der Waals surface area contributed by atoms with Crippen LogP contribution in [0.2, 0.25) is 0 Å². The minimum Gasteiger partial charge on any atom is -0.345 e. The Morgan fingerprint density at radius 1 is 1.00 bits per heavy atom. The van der Waals surface area contributed by atoms with Crippen molar-refractivity contribution in [3.8, 4) is 0 Å². The van der Waals surface area contributed by atoms with E-state index in [0.29, 0.717) is 18.0 Å². The Hall–Kier alpha value is -3.06. The second-order valence-electron chi connectivity index (χ2n) is 8.54. The summed E-state index contributed by atoms with van der Waals surface area (Å²) in [5, 5.41) is 11.6. The van der Waals surface area contributed by atoms with Crippen LogP contribution in [0.1, 0.15) is 47.0 Å². The van der Waals surface area contributed by atoms with Gasteiger partial charge >= 0.3 is 0 Å². The molecule has 3 heterocycles. The number of carbonyl (C=O) groups is 1. The van der Waals surface area contributed by atoms with Gasteiger partial charge in [0, 0.05) is 50.6 Å². The molecule has 7 nitrogen and oxygen atoms in total. The van der Waals surface area contributed by atoms with Crippen molar-refractivity contribution in [1.82, 2.24) is 30.0 Å². The largest absolute Gasteiger partial charge is 0.345 e. The van der Waals surface area contributed by atoms with Crippen molar-refractivity contribution in [1.29, 1.82) is 0 Å². The standard InChI is InChI=1S/C24H30N6O/c1-18(2)15-19-3-5-20(6-4-19)17-29-12-9-22-27-28-23(30(22)14-13-29)16-26-24(31)21-7-10-25-11-8-21/h3-8,10-11,18H,9,12-17H2,1-2H3,(H,26,31). The predicted octanol–water partition coefficient (Wildman–Crippen LogP) is 2.86. The maximum atomic E-state index is 12.3. The molecular formula is C24H30N6O. The minimum atomic E-state index is -0.129. The zero-order chi connectivity index (χ0) is 21.6. The molecule has 7 heteroatoms. The molecule has 0 saturated carbocycles. The van der Waals surface area contributed by atoms with Crippen LogP contribution in [0.25, 0.3) is 0 Å². The van der Waals surface area contributed by atoms with Crippen LogP contribution in [-0.4, -0.2) is 43.6 Å². The van der Waals surface area contributed by atoms with Gasteiger partial charge in [0.25, 0.3) is 5.91 Å². The quantitative estimate of drug-likeness (QED) is 0.639. The van der Waals surface area contributed by atoms with E-state index in [0.717, 1.165) is 50.7 Å². The molecule has 1 aliphatic rings. The molecule has 0 aliphatic carbocycles. The Bertz CT molecular complexity index is 997. The molecule has 0 saturated heterocycles. The predicted molar refractivity (Wildman–Crippen MR) is 119 cm³/mol. The normalized spacial score (nSPS) is 14.3. The third kappa shape index (κ3) is 5.55. The number of hydrogen-bond acceptors (Lipinski definition) is 5. The van der Waals surface area contributed by atoms with Crippen LogP contribution in [0.3, 0.4) is 0 Å². The molecular weight excluding hydrogens is 388 g/mol. The van der Waals surface area contributed by atoms with E-state index >= 15 is 0 Å². The van der Waals surface area contributed by atoms with Crippen molar-refractivity contribution in [2.75, 3.05) is 13.1 Å². The van der Waals surface area contributed by atoms with Crippen LogP contribution in [0.4, 0.5) is 0 Å². The van der Waals surface area contributed by atoms with Crippen molar-refractivity contribution in [3.63, 3.8) is 0 Å². The van der Waals surface area contributed by atoms with E-state index in [2.05, 4.69) is 68.1 Å². The van der Waals surface area contributed by atoms with Gasteiger partial charge in [0.15, 0.2) is 5.82 Å². The summed E-state index contributed by atoms with van der Waals surface area (Å²) in [7, 11) is 0. The molecule has 4 rings (SSSR count). The maximum absolute atomic E-state index is 12.3. The number of amides is 1. The Balaban J connectivity index is 1.33. The zero-order valence-corrected chi connectivity index (χ0v) is 18.3. The van der Waals surface area contributed by atoms with Gasteiger partial charge < -0.3 is 9.88 Å². The second-order valence-corrected chi connectivity index (χ2v) is 8.54. The molecule has 0 bridgehead atoms. The Kier molecular flexibility index (Phi) is 6.72. The number of pyridine rings is 1. The van der Waals surface area contributed by atoms with E-state index in [4.69, 9.17) is 0 Å². The number of nitrogens with one attached hydrogen (secondary N) is 1. The highest BCUT2D eigenvalue weighted by molar-refractivity contribution is 5.93. The lowest BCUT2D eigenvalue weighted by Gasteiger charge is -2.20. The molecule has 1 N–H and O–H groups in total. The smallest absolute Gasteiger partial charge is 0.251 e. The second kappa shape index (κ2) is 9.83. The lowest BCUT2D eigenvalue weighted by Crippen LogP contribution is -2.28. The van der Waals surface area contributed by atoms with E-state index in [9.17, 15) is 4.79 Å². The number of carbonyl (C=O) groups excluding carboxylic acids is 1. The number of nitrogens with zero attached hydrogens (tertiary/aromatic N) is 5. The third-order valence-electron chi connectivity index (χ3n) is 5.62. The lowest BCUT2D eigenvalue weighted by atomic mass is 10.0. The van der Waals surface area contributed by atoms with Gasteiger partial charge in [-0.25, -0.2) is 0 Å². The van der Waals surface area contributed by atoms with Gasteiger partial charge in [0.1, 0.15) is 5.82 Å². The molecule has 0 radical (unpaired) electrons. The number of hydrogen-bond donors (Lipinski definition) is 1. The first-order chi connectivity index (χ1) is 15.1. The summed E-state index contributed by atoms with van der Waals surface area (Å²) < 4.78 is 2.15. The number of aromatic nitrogens is 4. The summed E-state index contributed by atoms with van der Waals surface area (Å²) >= 11 is 0. The highest BCUT2D eigenvalue weighted by atomic mass is 16.1. The summed E-state index contributed by atoms with van der Waals surface area (Å²) in [5.41, 5.74) is 3.34. The molecule has 162 valence electrons. The minimum absolute atomic E-state index is 0.129. The average Bonchev–Trinajstić information content (AvgIpc) is 3.06. The summed E-state index contributed by atoms with van der Waals surface area (Å²) in [6, 6.07) is 12.4. The van der Waals surface area contributed by atoms with E-state index in [1.165, 1.54) is 11.1 Å². The first kappa shape index (κ1) is 21.2. The van der Waals surface area contributed by atoms with Crippen LogP contribution in [-0.2, 0) is 32.5 Å². The zero-order valence-electron chi connectivity index (χ0n) is 18.3. The number of benzene rings is 1. The fourth-order valence-electron chi connectivity index (χ4n) is 3.99. The van der Waals surface area contributed by atoms with Gasteiger partial charge in [0.05, 0.1) is 6.54 Å². The average molecular weight is 419 g/mol. The Morgan fingerprint density at radius 3 is 2.48 bits per heavy atom. The fourth-order valence-corrected chi connectivity index (χ4v) is 3.99. The van der Waals surface area contributed by atoms with Crippen LogP contribution in [0.15, 0.2) is 48.8 Å². The van der Waals surface area contributed by atoms with E-state index in [1.807, 2.05) is 0 Å². The molecule has 0 atom stereocenters. The third-order valence-corrected chi connectivity index (χ3v) is 5.62. The van der Waals surface area contributed by atoms with Gasteiger partial charge in [-0.2, -0.15) is 0 Å². The first-order valence-electron chi connectivity index (χ1n) is 11.0. The molecule has 3 aromatic rings. The van der Waals surface area contributed by atoms with Gasteiger partial charge in [-0.15, -0.1) is 10.2 Å². The topological polar surface area (TPSA) is 75.9 Å². The van der Waals surface area contributed by atoms with Crippen molar-refractivity contribution < 1.29 is 4.79 Å². The maximum Gasteiger partial charge on any atom is 0.251 e. The Morgan fingerprint density at radius 2 is 1.74 bits per heavy atom. The van der Waals surface area contributed by atoms with Crippen LogP contribution >= 0.6 is 0 Å². The number of fused-ring (bicyclic) bond motifs is 1. The highest BCUT2D eigenvalue weighted by Crippen LogP contribution is 2.15. The van der Waals surface area contributed by atoms with E-state index in [1.54, 1.807) is 24.5 Å². The van der Waals surface area contributed by atoms with Gasteiger partial charge in [-0.1, -0.05) is 38.1 Å². The molecule has 2 aromatic heterocycles. The summed E-state index contributed by atoms with van der Waals surface area (Å²) in [4.78, 5) is 18.7. The lowest BCUT2D eigenvalue weighted by molar-refractivity contribution is 0.0949. The first-order valence-corrected chi connectivity index (χ1v) is 11.0. The number of rotatable bonds is 7. The van der Waals surface area contributed by atoms with E-state index < -0.39 is 0 Å². The Labute approximate surface area is 183 Å². The van der Waals surface area contributed by atoms with Crippen LogP contribution < -0.4 is 5.32 Å². The van der Waals surface area contributed by atoms with Crippen molar-refractivity contribution in [3.05, 3.63) is 77.1 Å². The monoisotopic (exact) mass is 418 g/mol. The van der Waals surface area contributed by atoms with Gasteiger partial charge in [-0.05, 0) is 35.6 Å². The molecule has 0 fully saturated rings. The molecule has 31 heavy (non-hydrogen) atoms. The molecule has 0 spiro atoms. The molecule has 0 unspecified atom stereocenters. The summed E-state index contributed by atoms with van der Waals surface area (Å²) in [6.07, 6.45) is 5.21. The van der Waals surface area contributed by atoms with Crippen molar-refractivity contribution in [2.24, 2.45) is 5.92 Å². The van der Waals surface area contributed by atoms with Crippen LogP contribution in [0.5, 0.6) is 0 Å². The molecule has 1 aromatic carbocycles. The van der Waals surface area contributed by atoms with Crippen molar-refractivity contribution >= 4 is 5.91 Å². The van der Waals surface area contributed by atoms with Crippen LogP contribution in [0, 0.1) is 5.92 Å². The van der Waals surface area contributed by atoms with Gasteiger partial charge in [0.2, 0.25) is 0 Å². The summed E-state index contributed by atoms with van der Waals surface area (Å²) in [6.45, 7) is 8.53. The summed E-state index contributed by atoms with van der Waals surface area (Å²) in [5.74, 6) is 2.34. The SMILES string of the molecule is CC(C)Cc1ccc(CN2CCc3nnc(CNC(=O)c4ccncc4)n3CC2)cc1. The fraction of sp³-hybridized carbons (Fsp3) is 0.417. The molecule has 1 aliphatic heterocycles. The van der Waals surface area contributed by atoms with E-state index in [-0.39, 0.29) is 5.91 Å². The molecule has 1 amide bonds. The highest BCUT2D eigenvalue weighted by Gasteiger charge is 2.19.